The number of hydrazine groups is 1. The molecule has 112 valence electrons. The molecule has 2 saturated carbocycles. The molecule has 2 fully saturated rings. The second-order valence-corrected chi connectivity index (χ2v) is 9.79. The van der Waals surface area contributed by atoms with Gasteiger partial charge >= 0.3 is 0 Å². The van der Waals surface area contributed by atoms with Gasteiger partial charge in [-0.2, -0.15) is 0 Å². The van der Waals surface area contributed by atoms with Gasteiger partial charge in [-0.1, -0.05) is 62.2 Å². The van der Waals surface area contributed by atoms with Gasteiger partial charge in [0.2, 0.25) is 11.8 Å². The average molecular weight is 416 g/mol. The Morgan fingerprint density at radius 1 is 1.19 bits per heavy atom. The molecule has 1 aromatic rings. The van der Waals surface area contributed by atoms with Gasteiger partial charge in [0.15, 0.2) is 0 Å². The Labute approximate surface area is 140 Å². The highest BCUT2D eigenvalue weighted by atomic mass is 79.9. The van der Waals surface area contributed by atoms with Crippen LogP contribution < -0.4 is 10.9 Å². The molecule has 3 atom stereocenters. The largest absolute Gasteiger partial charge is 0.273 e. The summed E-state index contributed by atoms with van der Waals surface area (Å²) in [6.07, 6.45) is 1.53. The van der Waals surface area contributed by atoms with E-state index in [1.54, 1.807) is 0 Å². The molecule has 21 heavy (non-hydrogen) atoms. The summed E-state index contributed by atoms with van der Waals surface area (Å²) in [7, 11) is 0. The second kappa shape index (κ2) is 5.09. The van der Waals surface area contributed by atoms with Crippen molar-refractivity contribution in [2.45, 2.75) is 28.9 Å². The van der Waals surface area contributed by atoms with Crippen molar-refractivity contribution in [2.24, 2.45) is 11.3 Å². The smallest absolute Gasteiger partial charge is 0.246 e. The molecule has 0 saturated heterocycles. The fourth-order valence-electron chi connectivity index (χ4n) is 2.55. The fraction of sp³-hybridized carbons (Fsp3) is 0.467. The first-order chi connectivity index (χ1) is 9.85. The molecule has 2 aliphatic rings. The molecule has 0 bridgehead atoms. The minimum absolute atomic E-state index is 0.0441. The number of hydrogen-bond donors (Lipinski definition) is 2. The van der Waals surface area contributed by atoms with Crippen LogP contribution in [0.25, 0.3) is 0 Å². The zero-order valence-corrected chi connectivity index (χ0v) is 14.7. The van der Waals surface area contributed by atoms with Gasteiger partial charge in [0.05, 0.1) is 8.65 Å². The van der Waals surface area contributed by atoms with Crippen LogP contribution in [0, 0.1) is 11.3 Å². The summed E-state index contributed by atoms with van der Waals surface area (Å²) in [5.74, 6) is -0.0684. The van der Waals surface area contributed by atoms with Crippen LogP contribution in [0.15, 0.2) is 30.3 Å². The van der Waals surface area contributed by atoms with Crippen LogP contribution in [-0.4, -0.2) is 15.0 Å². The van der Waals surface area contributed by atoms with E-state index < -0.39 is 5.41 Å². The molecule has 2 N–H and O–H groups in total. The first kappa shape index (κ1) is 15.0. The lowest BCUT2D eigenvalue weighted by Crippen LogP contribution is -2.46. The highest BCUT2D eigenvalue weighted by molar-refractivity contribution is 9.25. The van der Waals surface area contributed by atoms with Crippen LogP contribution in [0.4, 0.5) is 0 Å². The van der Waals surface area contributed by atoms with Crippen LogP contribution in [0.5, 0.6) is 0 Å². The first-order valence-corrected chi connectivity index (χ1v) is 8.47. The van der Waals surface area contributed by atoms with E-state index in [4.69, 9.17) is 0 Å². The molecule has 0 radical (unpaired) electrons. The minimum atomic E-state index is -0.525. The van der Waals surface area contributed by atoms with Gasteiger partial charge in [-0.15, -0.1) is 0 Å². The van der Waals surface area contributed by atoms with Crippen molar-refractivity contribution >= 4 is 43.7 Å². The van der Waals surface area contributed by atoms with Crippen molar-refractivity contribution in [2.75, 3.05) is 0 Å². The van der Waals surface area contributed by atoms with E-state index in [1.165, 1.54) is 5.56 Å². The maximum absolute atomic E-state index is 12.1. The van der Waals surface area contributed by atoms with E-state index in [0.717, 1.165) is 6.42 Å². The molecule has 0 spiro atoms. The van der Waals surface area contributed by atoms with Gasteiger partial charge in [-0.25, -0.2) is 0 Å². The molecule has 3 unspecified atom stereocenters. The summed E-state index contributed by atoms with van der Waals surface area (Å²) >= 11 is 6.88. The third-order valence-electron chi connectivity index (χ3n) is 4.41. The molecule has 0 aromatic heterocycles. The molecule has 6 heteroatoms. The fourth-order valence-corrected chi connectivity index (χ4v) is 4.03. The second-order valence-electron chi connectivity index (χ2n) is 6.02. The van der Waals surface area contributed by atoms with E-state index >= 15 is 0 Å². The lowest BCUT2D eigenvalue weighted by atomic mass is 10.1. The first-order valence-electron chi connectivity index (χ1n) is 6.88. The summed E-state index contributed by atoms with van der Waals surface area (Å²) in [5, 5.41) is 0. The zero-order chi connectivity index (χ0) is 15.3. The standard InChI is InChI=1S/C15H16Br2N2O2/c1-14(8-15(14,16)17)13(21)19-18-12(20)11-7-10(11)9-5-3-2-4-6-9/h2-6,10-11H,7-8H2,1H3,(H,18,20)(H,19,21). The molecule has 0 aliphatic heterocycles. The average Bonchev–Trinajstić information content (AvgIpc) is 3.33. The van der Waals surface area contributed by atoms with E-state index in [-0.39, 0.29) is 26.9 Å². The Kier molecular flexibility index (Phi) is 3.64. The van der Waals surface area contributed by atoms with Gasteiger partial charge in [0.1, 0.15) is 0 Å². The number of halogens is 2. The number of alkyl halides is 2. The molecule has 1 aromatic carbocycles. The Morgan fingerprint density at radius 3 is 2.38 bits per heavy atom. The van der Waals surface area contributed by atoms with Crippen LogP contribution in [0.3, 0.4) is 0 Å². The quantitative estimate of drug-likeness (QED) is 0.589. The predicted molar refractivity (Wildman–Crippen MR) is 86.9 cm³/mol. The number of rotatable bonds is 3. The van der Waals surface area contributed by atoms with E-state index in [0.29, 0.717) is 6.42 Å². The third kappa shape index (κ3) is 2.75. The molecule has 4 nitrogen and oxygen atoms in total. The molecule has 2 aliphatic carbocycles. The highest BCUT2D eigenvalue weighted by Crippen LogP contribution is 2.66. The number of carbonyl (C=O) groups is 2. The lowest BCUT2D eigenvalue weighted by molar-refractivity contribution is -0.132. The number of hydrogen-bond acceptors (Lipinski definition) is 2. The van der Waals surface area contributed by atoms with E-state index in [2.05, 4.69) is 42.7 Å². The Hall–Kier alpha value is -0.880. The van der Waals surface area contributed by atoms with Gasteiger partial charge in [-0.3, -0.25) is 20.4 Å². The monoisotopic (exact) mass is 414 g/mol. The van der Waals surface area contributed by atoms with Gasteiger partial charge in [0.25, 0.3) is 0 Å². The number of carbonyl (C=O) groups excluding carboxylic acids is 2. The Balaban J connectivity index is 1.50. The Bertz CT molecular complexity index is 591. The SMILES string of the molecule is CC1(C(=O)NNC(=O)C2CC2c2ccccc2)CC1(Br)Br. The maximum Gasteiger partial charge on any atom is 0.246 e. The summed E-state index contributed by atoms with van der Waals surface area (Å²) in [6.45, 7) is 1.85. The predicted octanol–water partition coefficient (Wildman–Crippen LogP) is 2.83. The molecule has 0 heterocycles. The van der Waals surface area contributed by atoms with Crippen molar-refractivity contribution in [1.82, 2.24) is 10.9 Å². The summed E-state index contributed by atoms with van der Waals surface area (Å²) < 4.78 is -0.353. The van der Waals surface area contributed by atoms with Crippen LogP contribution in [0.2, 0.25) is 0 Å². The molecular formula is C15H16Br2N2O2. The topological polar surface area (TPSA) is 58.2 Å². The van der Waals surface area contributed by atoms with Crippen LogP contribution in [-0.2, 0) is 9.59 Å². The van der Waals surface area contributed by atoms with Crippen molar-refractivity contribution in [3.05, 3.63) is 35.9 Å². The van der Waals surface area contributed by atoms with E-state index in [9.17, 15) is 9.59 Å². The van der Waals surface area contributed by atoms with E-state index in [1.807, 2.05) is 37.3 Å². The third-order valence-corrected chi connectivity index (χ3v) is 6.72. The molecular weight excluding hydrogens is 400 g/mol. The number of amides is 2. The summed E-state index contributed by atoms with van der Waals surface area (Å²) in [5.41, 5.74) is 5.74. The van der Waals surface area contributed by atoms with Crippen LogP contribution >= 0.6 is 31.9 Å². The minimum Gasteiger partial charge on any atom is -0.273 e. The zero-order valence-electron chi connectivity index (χ0n) is 11.5. The normalized spacial score (nSPS) is 32.1. The number of benzene rings is 1. The lowest BCUT2D eigenvalue weighted by Gasteiger charge is -2.13. The molecule has 2 amide bonds. The summed E-state index contributed by atoms with van der Waals surface area (Å²) in [4.78, 5) is 24.1. The van der Waals surface area contributed by atoms with Gasteiger partial charge < -0.3 is 0 Å². The number of nitrogens with one attached hydrogen (secondary N) is 2. The Morgan fingerprint density at radius 2 is 1.81 bits per heavy atom. The van der Waals surface area contributed by atoms with Gasteiger partial charge in [0, 0.05) is 5.92 Å². The highest BCUT2D eigenvalue weighted by Gasteiger charge is 2.66. The van der Waals surface area contributed by atoms with Crippen molar-refractivity contribution in [3.63, 3.8) is 0 Å². The van der Waals surface area contributed by atoms with Crippen molar-refractivity contribution < 1.29 is 9.59 Å². The van der Waals surface area contributed by atoms with Crippen molar-refractivity contribution in [1.29, 1.82) is 0 Å². The molecule has 3 rings (SSSR count). The van der Waals surface area contributed by atoms with Crippen LogP contribution in [0.1, 0.15) is 31.2 Å². The van der Waals surface area contributed by atoms with Gasteiger partial charge in [-0.05, 0) is 31.2 Å². The maximum atomic E-state index is 12.1. The van der Waals surface area contributed by atoms with Crippen molar-refractivity contribution in [3.8, 4) is 0 Å². The summed E-state index contributed by atoms with van der Waals surface area (Å²) in [6, 6.07) is 9.98.